The van der Waals surface area contributed by atoms with Crippen LogP contribution < -0.4 is 5.32 Å². The number of carbonyl (C=O) groups is 1. The number of rotatable bonds is 6. The van der Waals surface area contributed by atoms with Gasteiger partial charge in [0.15, 0.2) is 17.3 Å². The Morgan fingerprint density at radius 1 is 0.925 bits per heavy atom. The molecule has 0 spiro atoms. The number of nitrogens with zero attached hydrogens (tertiary/aromatic N) is 3. The summed E-state index contributed by atoms with van der Waals surface area (Å²) in [6.45, 7) is 2.44. The molecule has 40 heavy (non-hydrogen) atoms. The monoisotopic (exact) mass is 541 g/mol. The van der Waals surface area contributed by atoms with E-state index in [1.165, 1.54) is 30.8 Å². The lowest BCUT2D eigenvalue weighted by Gasteiger charge is -2.26. The third-order valence-corrected chi connectivity index (χ3v) is 7.17. The van der Waals surface area contributed by atoms with Crippen LogP contribution in [-0.4, -0.2) is 39.1 Å². The molecule has 0 unspecified atom stereocenters. The van der Waals surface area contributed by atoms with Gasteiger partial charge in [-0.1, -0.05) is 24.6 Å². The Balaban J connectivity index is 1.25. The average Bonchev–Trinajstić information content (AvgIpc) is 3.39. The summed E-state index contributed by atoms with van der Waals surface area (Å²) in [5, 5.41) is 10.2. The van der Waals surface area contributed by atoms with Gasteiger partial charge in [-0.2, -0.15) is 5.10 Å². The van der Waals surface area contributed by atoms with Crippen molar-refractivity contribution in [3.05, 3.63) is 102 Å². The Labute approximate surface area is 228 Å². The van der Waals surface area contributed by atoms with E-state index in [2.05, 4.69) is 25.4 Å². The summed E-state index contributed by atoms with van der Waals surface area (Å²) in [6.07, 6.45) is 4.87. The molecule has 3 heterocycles. The van der Waals surface area contributed by atoms with Crippen molar-refractivity contribution in [2.45, 2.75) is 25.8 Å². The summed E-state index contributed by atoms with van der Waals surface area (Å²) in [4.78, 5) is 19.7. The third kappa shape index (κ3) is 5.33. The van der Waals surface area contributed by atoms with Crippen LogP contribution in [0.25, 0.3) is 33.3 Å². The van der Waals surface area contributed by atoms with Gasteiger partial charge in [0.05, 0.1) is 23.1 Å². The van der Waals surface area contributed by atoms with Gasteiger partial charge in [0.2, 0.25) is 0 Å². The molecule has 1 fully saturated rings. The summed E-state index contributed by atoms with van der Waals surface area (Å²) in [7, 11) is 0. The van der Waals surface area contributed by atoms with Gasteiger partial charge in [0.1, 0.15) is 5.82 Å². The minimum Gasteiger partial charge on any atom is -0.319 e. The van der Waals surface area contributed by atoms with Crippen molar-refractivity contribution in [1.29, 1.82) is 0 Å². The molecule has 0 aliphatic carbocycles. The fourth-order valence-corrected chi connectivity index (χ4v) is 5.15. The van der Waals surface area contributed by atoms with Gasteiger partial charge in [-0.05, 0) is 85.6 Å². The molecule has 9 heteroatoms. The first-order valence-corrected chi connectivity index (χ1v) is 13.2. The molecule has 2 aromatic heterocycles. The molecule has 5 aromatic rings. The van der Waals surface area contributed by atoms with Crippen LogP contribution in [0.2, 0.25) is 0 Å². The second kappa shape index (κ2) is 10.9. The van der Waals surface area contributed by atoms with Crippen molar-refractivity contribution in [3.8, 4) is 22.4 Å². The maximum Gasteiger partial charge on any atom is 0.276 e. The number of amides is 1. The van der Waals surface area contributed by atoms with E-state index in [1.54, 1.807) is 48.5 Å². The number of hydrogen-bond donors (Lipinski definition) is 2. The van der Waals surface area contributed by atoms with Crippen LogP contribution in [0.1, 0.15) is 35.3 Å². The first-order chi connectivity index (χ1) is 19.4. The van der Waals surface area contributed by atoms with Gasteiger partial charge in [-0.3, -0.25) is 19.8 Å². The summed E-state index contributed by atoms with van der Waals surface area (Å²) in [5.74, 6) is -2.68. The topological polar surface area (TPSA) is 73.9 Å². The average molecular weight is 542 g/mol. The summed E-state index contributed by atoms with van der Waals surface area (Å²) < 4.78 is 43.2. The maximum absolute atomic E-state index is 15.0. The Morgan fingerprint density at radius 2 is 1.77 bits per heavy atom. The molecule has 1 amide bonds. The number of benzene rings is 3. The molecule has 2 N–H and O–H groups in total. The number of carbonyl (C=O) groups excluding carboxylic acids is 1. The lowest BCUT2D eigenvalue weighted by molar-refractivity contribution is 0.102. The van der Waals surface area contributed by atoms with Gasteiger partial charge in [0.25, 0.3) is 5.91 Å². The number of halogens is 3. The second-order valence-corrected chi connectivity index (χ2v) is 10.0. The highest BCUT2D eigenvalue weighted by Gasteiger charge is 2.19. The van der Waals surface area contributed by atoms with Crippen LogP contribution in [0.3, 0.4) is 0 Å². The molecule has 0 saturated carbocycles. The molecule has 0 radical (unpaired) electrons. The van der Waals surface area contributed by atoms with E-state index < -0.39 is 17.5 Å². The molecular formula is C31H26F3N5O. The largest absolute Gasteiger partial charge is 0.319 e. The van der Waals surface area contributed by atoms with E-state index in [0.29, 0.717) is 45.5 Å². The summed E-state index contributed by atoms with van der Waals surface area (Å²) >= 11 is 0. The second-order valence-electron chi connectivity index (χ2n) is 10.0. The molecule has 1 aliphatic heterocycles. The van der Waals surface area contributed by atoms with Crippen LogP contribution in [0.15, 0.2) is 72.9 Å². The highest BCUT2D eigenvalue weighted by atomic mass is 19.2. The number of pyridine rings is 1. The Morgan fingerprint density at radius 3 is 2.55 bits per heavy atom. The quantitative estimate of drug-likeness (QED) is 0.244. The number of fused-ring (bicyclic) bond motifs is 1. The Bertz CT molecular complexity index is 1690. The zero-order valence-electron chi connectivity index (χ0n) is 21.6. The van der Waals surface area contributed by atoms with Gasteiger partial charge in [-0.15, -0.1) is 0 Å². The summed E-state index contributed by atoms with van der Waals surface area (Å²) in [6, 6.07) is 17.4. The predicted octanol–water partition coefficient (Wildman–Crippen LogP) is 6.95. The maximum atomic E-state index is 15.0. The van der Waals surface area contributed by atoms with Crippen LogP contribution in [0.4, 0.5) is 18.9 Å². The number of hydrogen-bond acceptors (Lipinski definition) is 4. The minimum absolute atomic E-state index is 0.108. The normalized spacial score (nSPS) is 14.0. The van der Waals surface area contributed by atoms with Crippen molar-refractivity contribution in [1.82, 2.24) is 20.1 Å². The molecule has 6 rings (SSSR count). The van der Waals surface area contributed by atoms with E-state index in [9.17, 15) is 18.0 Å². The lowest BCUT2D eigenvalue weighted by atomic mass is 9.99. The van der Waals surface area contributed by atoms with Crippen LogP contribution in [0.5, 0.6) is 0 Å². The van der Waals surface area contributed by atoms with Crippen molar-refractivity contribution in [2.24, 2.45) is 0 Å². The molecule has 0 atom stereocenters. The molecule has 3 aromatic carbocycles. The number of likely N-dealkylation sites (tertiary alicyclic amines) is 1. The van der Waals surface area contributed by atoms with E-state index in [4.69, 9.17) is 0 Å². The smallest absolute Gasteiger partial charge is 0.276 e. The summed E-state index contributed by atoms with van der Waals surface area (Å²) in [5.41, 5.74) is 3.58. The standard InChI is InChI=1S/C31H26F3N5O/c32-22-6-4-5-21(15-22)27-10-8-23(17-35-27)36-31(40)30-25-16-20(7-9-28(25)37-38-30)24-13-19(14-26(33)29(24)34)18-39-11-2-1-3-12-39/h4-10,13-17H,1-3,11-12,18H2,(H,36,40)(H,37,38). The highest BCUT2D eigenvalue weighted by Crippen LogP contribution is 2.31. The van der Waals surface area contributed by atoms with Crippen molar-refractivity contribution < 1.29 is 18.0 Å². The number of anilines is 1. The zero-order valence-corrected chi connectivity index (χ0v) is 21.6. The Kier molecular flexibility index (Phi) is 7.04. The van der Waals surface area contributed by atoms with E-state index >= 15 is 0 Å². The van der Waals surface area contributed by atoms with Gasteiger partial charge in [0, 0.05) is 23.1 Å². The van der Waals surface area contributed by atoms with Crippen molar-refractivity contribution in [3.63, 3.8) is 0 Å². The van der Waals surface area contributed by atoms with Gasteiger partial charge < -0.3 is 5.32 Å². The van der Waals surface area contributed by atoms with Crippen LogP contribution >= 0.6 is 0 Å². The third-order valence-electron chi connectivity index (χ3n) is 7.17. The minimum atomic E-state index is -0.930. The van der Waals surface area contributed by atoms with E-state index in [-0.39, 0.29) is 17.1 Å². The van der Waals surface area contributed by atoms with Crippen LogP contribution in [-0.2, 0) is 6.54 Å². The zero-order chi connectivity index (χ0) is 27.6. The predicted molar refractivity (Wildman–Crippen MR) is 148 cm³/mol. The molecule has 0 bridgehead atoms. The number of H-pyrrole nitrogens is 1. The highest BCUT2D eigenvalue weighted by molar-refractivity contribution is 6.11. The SMILES string of the molecule is O=C(Nc1ccc(-c2cccc(F)c2)nc1)c1n[nH]c2ccc(-c3cc(CN4CCCCC4)cc(F)c3F)cc12. The van der Waals surface area contributed by atoms with Crippen LogP contribution in [0, 0.1) is 17.5 Å². The van der Waals surface area contributed by atoms with Gasteiger partial charge >= 0.3 is 0 Å². The van der Waals surface area contributed by atoms with E-state index in [1.807, 2.05) is 0 Å². The van der Waals surface area contributed by atoms with Crippen molar-refractivity contribution >= 4 is 22.5 Å². The molecule has 6 nitrogen and oxygen atoms in total. The number of aromatic nitrogens is 3. The molecular weight excluding hydrogens is 515 g/mol. The number of aromatic amines is 1. The fourth-order valence-electron chi connectivity index (χ4n) is 5.15. The van der Waals surface area contributed by atoms with Gasteiger partial charge in [-0.25, -0.2) is 13.2 Å². The van der Waals surface area contributed by atoms with E-state index in [0.717, 1.165) is 25.9 Å². The lowest BCUT2D eigenvalue weighted by Crippen LogP contribution is -2.29. The molecule has 1 saturated heterocycles. The number of nitrogens with one attached hydrogen (secondary N) is 2. The van der Waals surface area contributed by atoms with Crippen molar-refractivity contribution in [2.75, 3.05) is 18.4 Å². The molecule has 202 valence electrons. The molecule has 1 aliphatic rings. The fraction of sp³-hybridized carbons (Fsp3) is 0.194. The first-order valence-electron chi connectivity index (χ1n) is 13.2. The first kappa shape index (κ1) is 25.8. The number of piperidine rings is 1. The Hall–Kier alpha value is -4.50.